The summed E-state index contributed by atoms with van der Waals surface area (Å²) in [6.07, 6.45) is 0. The molecule has 5 nitrogen and oxygen atoms in total. The SMILES string of the molecule is C=C1c2ccccc2N=C(SC(C)C(=O)Nc2cccc(OC)c2)N1C. The first-order valence-electron chi connectivity index (χ1n) is 8.22. The maximum Gasteiger partial charge on any atom is 0.237 e. The number of aliphatic imine (C=N–C) groups is 1. The van der Waals surface area contributed by atoms with Crippen molar-refractivity contribution in [2.24, 2.45) is 4.99 Å². The van der Waals surface area contributed by atoms with Crippen molar-refractivity contribution < 1.29 is 9.53 Å². The molecule has 1 aliphatic heterocycles. The highest BCUT2D eigenvalue weighted by atomic mass is 32.2. The summed E-state index contributed by atoms with van der Waals surface area (Å²) in [6.45, 7) is 6.00. The fourth-order valence-electron chi connectivity index (χ4n) is 2.55. The Morgan fingerprint density at radius 1 is 1.27 bits per heavy atom. The zero-order valence-electron chi connectivity index (χ0n) is 15.0. The Hall–Kier alpha value is -2.73. The summed E-state index contributed by atoms with van der Waals surface area (Å²) in [5.41, 5.74) is 3.46. The van der Waals surface area contributed by atoms with E-state index in [1.54, 1.807) is 13.2 Å². The van der Waals surface area contributed by atoms with Crippen LogP contribution in [-0.4, -0.2) is 35.4 Å². The van der Waals surface area contributed by atoms with Crippen LogP contribution >= 0.6 is 11.8 Å². The molecule has 2 aromatic rings. The second-order valence-corrected chi connectivity index (χ2v) is 7.21. The molecule has 0 radical (unpaired) electrons. The Morgan fingerprint density at radius 3 is 2.81 bits per heavy atom. The number of fused-ring (bicyclic) bond motifs is 1. The lowest BCUT2D eigenvalue weighted by Crippen LogP contribution is -2.30. The molecule has 134 valence electrons. The van der Waals surface area contributed by atoms with Crippen LogP contribution in [0.3, 0.4) is 0 Å². The van der Waals surface area contributed by atoms with E-state index in [1.807, 2.05) is 61.3 Å². The molecule has 1 heterocycles. The van der Waals surface area contributed by atoms with Crippen LogP contribution in [0, 0.1) is 0 Å². The maximum atomic E-state index is 12.6. The third kappa shape index (κ3) is 3.75. The third-order valence-corrected chi connectivity index (χ3v) is 5.26. The van der Waals surface area contributed by atoms with Crippen LogP contribution in [0.4, 0.5) is 11.4 Å². The molecule has 1 unspecified atom stereocenters. The lowest BCUT2D eigenvalue weighted by molar-refractivity contribution is -0.115. The van der Waals surface area contributed by atoms with Gasteiger partial charge in [-0.05, 0) is 25.1 Å². The predicted octanol–water partition coefficient (Wildman–Crippen LogP) is 4.36. The minimum Gasteiger partial charge on any atom is -0.497 e. The topological polar surface area (TPSA) is 53.9 Å². The van der Waals surface area contributed by atoms with Crippen molar-refractivity contribution in [2.75, 3.05) is 19.5 Å². The van der Waals surface area contributed by atoms with Crippen molar-refractivity contribution >= 4 is 39.9 Å². The number of methoxy groups -OCH3 is 1. The first kappa shape index (κ1) is 18.1. The van der Waals surface area contributed by atoms with Crippen molar-refractivity contribution in [1.82, 2.24) is 4.90 Å². The minimum absolute atomic E-state index is 0.0937. The molecular weight excluding hydrogens is 346 g/mol. The Kier molecular flexibility index (Phi) is 5.32. The molecule has 26 heavy (non-hydrogen) atoms. The summed E-state index contributed by atoms with van der Waals surface area (Å²) >= 11 is 1.41. The van der Waals surface area contributed by atoms with Crippen molar-refractivity contribution in [2.45, 2.75) is 12.2 Å². The molecule has 1 aliphatic rings. The number of amides is 1. The number of hydrogen-bond donors (Lipinski definition) is 1. The molecule has 1 atom stereocenters. The van der Waals surface area contributed by atoms with E-state index in [2.05, 4.69) is 16.9 Å². The lowest BCUT2D eigenvalue weighted by Gasteiger charge is -2.29. The summed E-state index contributed by atoms with van der Waals surface area (Å²) in [5, 5.41) is 3.35. The zero-order chi connectivity index (χ0) is 18.7. The molecule has 0 spiro atoms. The minimum atomic E-state index is -0.319. The lowest BCUT2D eigenvalue weighted by atomic mass is 10.1. The van der Waals surface area contributed by atoms with Gasteiger partial charge in [0.1, 0.15) is 5.75 Å². The van der Waals surface area contributed by atoms with E-state index in [1.165, 1.54) is 11.8 Å². The Labute approximate surface area is 157 Å². The van der Waals surface area contributed by atoms with Gasteiger partial charge >= 0.3 is 0 Å². The second kappa shape index (κ2) is 7.66. The molecule has 0 aromatic heterocycles. The highest BCUT2D eigenvalue weighted by molar-refractivity contribution is 8.14. The molecule has 1 N–H and O–H groups in total. The average Bonchev–Trinajstić information content (AvgIpc) is 2.66. The van der Waals surface area contributed by atoms with Crippen LogP contribution in [0.1, 0.15) is 12.5 Å². The van der Waals surface area contributed by atoms with E-state index in [4.69, 9.17) is 4.74 Å². The van der Waals surface area contributed by atoms with Gasteiger partial charge in [-0.3, -0.25) is 4.79 Å². The first-order valence-corrected chi connectivity index (χ1v) is 9.10. The highest BCUT2D eigenvalue weighted by Crippen LogP contribution is 2.35. The quantitative estimate of drug-likeness (QED) is 0.872. The van der Waals surface area contributed by atoms with Crippen molar-refractivity contribution in [3.05, 3.63) is 60.7 Å². The van der Waals surface area contributed by atoms with E-state index in [9.17, 15) is 4.79 Å². The fraction of sp³-hybridized carbons (Fsp3) is 0.200. The summed E-state index contributed by atoms with van der Waals surface area (Å²) in [7, 11) is 3.51. The van der Waals surface area contributed by atoms with Gasteiger partial charge in [-0.15, -0.1) is 0 Å². The Balaban J connectivity index is 1.72. The Morgan fingerprint density at radius 2 is 2.04 bits per heavy atom. The fourth-order valence-corrected chi connectivity index (χ4v) is 3.45. The van der Waals surface area contributed by atoms with Crippen LogP contribution in [-0.2, 0) is 4.79 Å². The number of nitrogens with zero attached hydrogens (tertiary/aromatic N) is 2. The van der Waals surface area contributed by atoms with E-state index in [-0.39, 0.29) is 11.2 Å². The molecule has 0 bridgehead atoms. The molecule has 6 heteroatoms. The third-order valence-electron chi connectivity index (χ3n) is 4.11. The van der Waals surface area contributed by atoms with E-state index in [0.29, 0.717) is 11.4 Å². The number of thioether (sulfide) groups is 1. The number of hydrogen-bond acceptors (Lipinski definition) is 5. The van der Waals surface area contributed by atoms with Crippen LogP contribution in [0.25, 0.3) is 5.70 Å². The average molecular weight is 367 g/mol. The van der Waals surface area contributed by atoms with Gasteiger partial charge in [0.05, 0.1) is 18.0 Å². The number of carbonyl (C=O) groups is 1. The summed E-state index contributed by atoms with van der Waals surface area (Å²) in [4.78, 5) is 19.1. The maximum absolute atomic E-state index is 12.6. The number of amidine groups is 1. The zero-order valence-corrected chi connectivity index (χ0v) is 15.8. The van der Waals surface area contributed by atoms with Crippen LogP contribution in [0.2, 0.25) is 0 Å². The standard InChI is InChI=1S/C20H21N3O2S/c1-13-17-10-5-6-11-18(17)22-20(23(13)3)26-14(2)19(24)21-15-8-7-9-16(12-15)25-4/h5-12,14H,1H2,2-4H3,(H,21,24). The second-order valence-electron chi connectivity index (χ2n) is 5.90. The van der Waals surface area contributed by atoms with E-state index < -0.39 is 0 Å². The molecule has 0 saturated heterocycles. The van der Waals surface area contributed by atoms with Crippen LogP contribution < -0.4 is 10.1 Å². The largest absolute Gasteiger partial charge is 0.497 e. The molecule has 0 aliphatic carbocycles. The number of benzene rings is 2. The number of para-hydroxylation sites is 1. The van der Waals surface area contributed by atoms with Gasteiger partial charge in [0.2, 0.25) is 5.91 Å². The van der Waals surface area contributed by atoms with E-state index in [0.717, 1.165) is 22.1 Å². The number of rotatable bonds is 4. The van der Waals surface area contributed by atoms with Gasteiger partial charge < -0.3 is 15.0 Å². The number of anilines is 1. The molecule has 3 rings (SSSR count). The normalized spacial score (nSPS) is 14.3. The number of carbonyl (C=O) groups excluding carboxylic acids is 1. The predicted molar refractivity (Wildman–Crippen MR) is 109 cm³/mol. The smallest absolute Gasteiger partial charge is 0.237 e. The van der Waals surface area contributed by atoms with Crippen LogP contribution in [0.5, 0.6) is 5.75 Å². The summed E-state index contributed by atoms with van der Waals surface area (Å²) in [5.74, 6) is 0.608. The number of nitrogens with one attached hydrogen (secondary N) is 1. The summed E-state index contributed by atoms with van der Waals surface area (Å²) < 4.78 is 5.19. The Bertz CT molecular complexity index is 879. The van der Waals surface area contributed by atoms with Crippen LogP contribution in [0.15, 0.2) is 60.1 Å². The van der Waals surface area contributed by atoms with Gasteiger partial charge in [-0.25, -0.2) is 4.99 Å². The van der Waals surface area contributed by atoms with Gasteiger partial charge in [-0.2, -0.15) is 0 Å². The monoisotopic (exact) mass is 367 g/mol. The molecule has 0 fully saturated rings. The van der Waals surface area contributed by atoms with Crippen molar-refractivity contribution in [3.63, 3.8) is 0 Å². The molecule has 0 saturated carbocycles. The highest BCUT2D eigenvalue weighted by Gasteiger charge is 2.25. The van der Waals surface area contributed by atoms with Crippen molar-refractivity contribution in [3.8, 4) is 5.75 Å². The first-order chi connectivity index (χ1) is 12.5. The van der Waals surface area contributed by atoms with Gasteiger partial charge in [0.15, 0.2) is 5.17 Å². The number of ether oxygens (including phenoxy) is 1. The van der Waals surface area contributed by atoms with Crippen molar-refractivity contribution in [1.29, 1.82) is 0 Å². The van der Waals surface area contributed by atoms with Gasteiger partial charge in [0.25, 0.3) is 0 Å². The van der Waals surface area contributed by atoms with E-state index >= 15 is 0 Å². The molecular formula is C20H21N3O2S. The molecule has 2 aromatic carbocycles. The summed E-state index contributed by atoms with van der Waals surface area (Å²) in [6, 6.07) is 15.2. The van der Waals surface area contributed by atoms with Gasteiger partial charge in [-0.1, -0.05) is 42.6 Å². The van der Waals surface area contributed by atoms with Gasteiger partial charge in [0, 0.05) is 30.1 Å². The molecule has 1 amide bonds.